The Morgan fingerprint density at radius 3 is 2.75 bits per heavy atom. The van der Waals surface area contributed by atoms with E-state index in [9.17, 15) is 4.79 Å². The summed E-state index contributed by atoms with van der Waals surface area (Å²) in [5.74, 6) is 0.791. The zero-order chi connectivity index (χ0) is 14.8. The van der Waals surface area contributed by atoms with Crippen molar-refractivity contribution in [3.8, 4) is 5.88 Å². The Morgan fingerprint density at radius 2 is 2.25 bits per heavy atom. The van der Waals surface area contributed by atoms with Gasteiger partial charge in [0, 0.05) is 12.7 Å². The highest BCUT2D eigenvalue weighted by Crippen LogP contribution is 2.42. The van der Waals surface area contributed by atoms with Crippen molar-refractivity contribution in [2.24, 2.45) is 5.92 Å². The van der Waals surface area contributed by atoms with E-state index in [1.165, 1.54) is 0 Å². The van der Waals surface area contributed by atoms with Crippen LogP contribution in [-0.2, 0) is 9.53 Å². The van der Waals surface area contributed by atoms with E-state index in [2.05, 4.69) is 10.3 Å². The van der Waals surface area contributed by atoms with Gasteiger partial charge in [0.2, 0.25) is 5.88 Å². The number of anilines is 1. The third-order valence-corrected chi connectivity index (χ3v) is 3.80. The smallest absolute Gasteiger partial charge is 0.256 e. The Balaban J connectivity index is 2.09. The molecule has 2 rings (SSSR count). The van der Waals surface area contributed by atoms with Crippen LogP contribution in [0.25, 0.3) is 0 Å². The van der Waals surface area contributed by atoms with Crippen LogP contribution in [0.1, 0.15) is 32.3 Å². The fraction of sp³-hybridized carbons (Fsp3) is 0.600. The van der Waals surface area contributed by atoms with Crippen LogP contribution < -0.4 is 10.1 Å². The molecule has 5 heteroatoms. The Hall–Kier alpha value is -1.62. The maximum absolute atomic E-state index is 12.4. The summed E-state index contributed by atoms with van der Waals surface area (Å²) in [5.41, 5.74) is 0.807. The van der Waals surface area contributed by atoms with E-state index in [1.807, 2.05) is 26.8 Å². The average Bonchev–Trinajstić information content (AvgIpc) is 3.25. The summed E-state index contributed by atoms with van der Waals surface area (Å²) < 4.78 is 10.8. The second-order valence-corrected chi connectivity index (χ2v) is 5.32. The van der Waals surface area contributed by atoms with E-state index in [0.29, 0.717) is 24.1 Å². The Morgan fingerprint density at radius 1 is 1.55 bits per heavy atom. The highest BCUT2D eigenvalue weighted by atomic mass is 16.5. The first kappa shape index (κ1) is 14.8. The summed E-state index contributed by atoms with van der Waals surface area (Å²) in [6, 6.07) is 1.86. The number of aryl methyl sites for hydroxylation is 1. The van der Waals surface area contributed by atoms with Gasteiger partial charge < -0.3 is 14.8 Å². The van der Waals surface area contributed by atoms with Crippen LogP contribution in [0.2, 0.25) is 0 Å². The molecule has 0 saturated heterocycles. The summed E-state index contributed by atoms with van der Waals surface area (Å²) in [7, 11) is 1.58. The zero-order valence-electron chi connectivity index (χ0n) is 12.5. The number of carbonyl (C=O) groups excluding carboxylic acids is 1. The lowest BCUT2D eigenvalue weighted by atomic mass is 9.99. The lowest BCUT2D eigenvalue weighted by molar-refractivity contribution is -0.138. The number of nitrogens with one attached hydrogen (secondary N) is 1. The molecule has 1 aliphatic rings. The zero-order valence-corrected chi connectivity index (χ0v) is 12.5. The fourth-order valence-corrected chi connectivity index (χ4v) is 2.25. The molecule has 1 fully saturated rings. The molecule has 0 bridgehead atoms. The van der Waals surface area contributed by atoms with Crippen molar-refractivity contribution in [3.05, 3.63) is 17.8 Å². The van der Waals surface area contributed by atoms with E-state index in [1.54, 1.807) is 13.3 Å². The van der Waals surface area contributed by atoms with E-state index < -0.39 is 5.60 Å². The molecule has 1 N–H and O–H groups in total. The van der Waals surface area contributed by atoms with Crippen LogP contribution in [0.4, 0.5) is 5.69 Å². The molecule has 1 heterocycles. The van der Waals surface area contributed by atoms with Crippen LogP contribution in [-0.4, -0.2) is 30.2 Å². The van der Waals surface area contributed by atoms with Crippen LogP contribution >= 0.6 is 0 Å². The van der Waals surface area contributed by atoms with Crippen molar-refractivity contribution in [1.82, 2.24) is 4.98 Å². The number of hydrogen-bond donors (Lipinski definition) is 1. The Kier molecular flexibility index (Phi) is 4.28. The van der Waals surface area contributed by atoms with E-state index in [4.69, 9.17) is 9.47 Å². The number of aromatic nitrogens is 1. The number of ether oxygens (including phenoxy) is 2. The van der Waals surface area contributed by atoms with E-state index in [-0.39, 0.29) is 5.91 Å². The van der Waals surface area contributed by atoms with Crippen molar-refractivity contribution >= 4 is 11.6 Å². The summed E-state index contributed by atoms with van der Waals surface area (Å²) in [6.07, 6.45) is 3.69. The van der Waals surface area contributed by atoms with Crippen molar-refractivity contribution in [1.29, 1.82) is 0 Å². The normalized spacial score (nSPS) is 17.4. The number of amides is 1. The largest absolute Gasteiger partial charge is 0.478 e. The average molecular weight is 278 g/mol. The molecule has 1 saturated carbocycles. The molecule has 0 aromatic carbocycles. The van der Waals surface area contributed by atoms with Gasteiger partial charge in [0.05, 0.1) is 18.5 Å². The van der Waals surface area contributed by atoms with Gasteiger partial charge in [-0.1, -0.05) is 0 Å². The van der Waals surface area contributed by atoms with Crippen LogP contribution in [0.5, 0.6) is 5.88 Å². The van der Waals surface area contributed by atoms with E-state index in [0.717, 1.165) is 18.4 Å². The number of methoxy groups -OCH3 is 1. The van der Waals surface area contributed by atoms with Gasteiger partial charge in [-0.25, -0.2) is 4.98 Å². The maximum Gasteiger partial charge on any atom is 0.256 e. The summed E-state index contributed by atoms with van der Waals surface area (Å²) >= 11 is 0. The van der Waals surface area contributed by atoms with E-state index >= 15 is 0 Å². The van der Waals surface area contributed by atoms with Crippen molar-refractivity contribution in [2.75, 3.05) is 19.0 Å². The maximum atomic E-state index is 12.4. The second-order valence-electron chi connectivity index (χ2n) is 5.32. The molecule has 0 spiro atoms. The number of nitrogens with zero attached hydrogens (tertiary/aromatic N) is 1. The third kappa shape index (κ3) is 2.93. The monoisotopic (exact) mass is 278 g/mol. The Labute approximate surface area is 119 Å². The topological polar surface area (TPSA) is 60.5 Å². The summed E-state index contributed by atoms with van der Waals surface area (Å²) in [5, 5.41) is 2.88. The molecule has 0 unspecified atom stereocenters. The predicted molar refractivity (Wildman–Crippen MR) is 76.9 cm³/mol. The highest BCUT2D eigenvalue weighted by molar-refractivity contribution is 5.97. The minimum Gasteiger partial charge on any atom is -0.478 e. The Bertz CT molecular complexity index is 500. The van der Waals surface area contributed by atoms with Gasteiger partial charge in [-0.05, 0) is 45.6 Å². The number of hydrogen-bond acceptors (Lipinski definition) is 4. The number of rotatable bonds is 6. The third-order valence-electron chi connectivity index (χ3n) is 3.80. The standard InChI is InChI=1S/C15H22N2O3/c1-5-20-13-10(2)8-12(9-16-13)17-14(18)15(3,19-4)11-6-7-11/h8-9,11H,5-7H2,1-4H3,(H,17,18)/t15-/m1/s1. The molecule has 0 radical (unpaired) electrons. The van der Waals surface area contributed by atoms with Gasteiger partial charge in [-0.2, -0.15) is 0 Å². The quantitative estimate of drug-likeness (QED) is 0.868. The molecule has 1 aliphatic carbocycles. The first-order valence-corrected chi connectivity index (χ1v) is 6.97. The molecule has 1 amide bonds. The van der Waals surface area contributed by atoms with Gasteiger partial charge >= 0.3 is 0 Å². The molecule has 20 heavy (non-hydrogen) atoms. The summed E-state index contributed by atoms with van der Waals surface area (Å²) in [6.45, 7) is 6.23. The predicted octanol–water partition coefficient (Wildman–Crippen LogP) is 2.54. The van der Waals surface area contributed by atoms with Gasteiger partial charge in [-0.3, -0.25) is 4.79 Å². The fourth-order valence-electron chi connectivity index (χ4n) is 2.25. The molecule has 1 aromatic rings. The lowest BCUT2D eigenvalue weighted by Gasteiger charge is -2.26. The molecule has 1 atom stereocenters. The van der Waals surface area contributed by atoms with Crippen molar-refractivity contribution in [2.45, 2.75) is 39.2 Å². The van der Waals surface area contributed by atoms with Crippen molar-refractivity contribution < 1.29 is 14.3 Å². The van der Waals surface area contributed by atoms with Gasteiger partial charge in [0.25, 0.3) is 5.91 Å². The molecule has 1 aromatic heterocycles. The lowest BCUT2D eigenvalue weighted by Crippen LogP contribution is -2.44. The van der Waals surface area contributed by atoms with Crippen LogP contribution in [0.15, 0.2) is 12.3 Å². The molecule has 0 aliphatic heterocycles. The van der Waals surface area contributed by atoms with Gasteiger partial charge in [0.15, 0.2) is 0 Å². The first-order chi connectivity index (χ1) is 9.51. The number of pyridine rings is 1. The molecule has 5 nitrogen and oxygen atoms in total. The molecule has 110 valence electrons. The highest BCUT2D eigenvalue weighted by Gasteiger charge is 2.47. The first-order valence-electron chi connectivity index (χ1n) is 6.97. The second kappa shape index (κ2) is 5.79. The SMILES string of the molecule is CCOc1ncc(NC(=O)[C@](C)(OC)C2CC2)cc1C. The van der Waals surface area contributed by atoms with Crippen molar-refractivity contribution in [3.63, 3.8) is 0 Å². The summed E-state index contributed by atoms with van der Waals surface area (Å²) in [4.78, 5) is 16.6. The van der Waals surface area contributed by atoms with Gasteiger partial charge in [-0.15, -0.1) is 0 Å². The van der Waals surface area contributed by atoms with Crippen LogP contribution in [0.3, 0.4) is 0 Å². The molecular formula is C15H22N2O3. The minimum absolute atomic E-state index is 0.118. The number of carbonyl (C=O) groups is 1. The van der Waals surface area contributed by atoms with Crippen LogP contribution in [0, 0.1) is 12.8 Å². The van der Waals surface area contributed by atoms with Gasteiger partial charge in [0.1, 0.15) is 5.60 Å². The molecular weight excluding hydrogens is 256 g/mol. The minimum atomic E-state index is -0.757.